The molecule has 0 aromatic rings. The molecule has 0 saturated carbocycles. The molecule has 16 heavy (non-hydrogen) atoms. The molecule has 6 heteroatoms. The van der Waals surface area contributed by atoms with Crippen LogP contribution in [-0.2, 0) is 14.8 Å². The first kappa shape index (κ1) is 13.9. The highest BCUT2D eigenvalue weighted by atomic mass is 32.2. The Morgan fingerprint density at radius 1 is 1.38 bits per heavy atom. The van der Waals surface area contributed by atoms with Crippen molar-refractivity contribution in [2.24, 2.45) is 11.7 Å². The van der Waals surface area contributed by atoms with Crippen LogP contribution in [0.1, 0.15) is 26.7 Å². The number of rotatable bonds is 5. The van der Waals surface area contributed by atoms with Crippen molar-refractivity contribution in [3.8, 4) is 0 Å². The molecule has 0 aliphatic carbocycles. The normalized spacial score (nSPS) is 22.9. The van der Waals surface area contributed by atoms with Crippen molar-refractivity contribution < 1.29 is 13.2 Å². The molecular weight excluding hydrogens is 228 g/mol. The highest BCUT2D eigenvalue weighted by molar-refractivity contribution is 7.90. The van der Waals surface area contributed by atoms with E-state index in [4.69, 9.17) is 10.5 Å². The van der Waals surface area contributed by atoms with Gasteiger partial charge in [-0.1, -0.05) is 6.92 Å². The van der Waals surface area contributed by atoms with Crippen LogP contribution in [0, 0.1) is 5.92 Å². The van der Waals surface area contributed by atoms with Gasteiger partial charge in [-0.15, -0.1) is 0 Å². The summed E-state index contributed by atoms with van der Waals surface area (Å²) in [6.07, 6.45) is 1.16. The monoisotopic (exact) mass is 250 g/mol. The minimum Gasteiger partial charge on any atom is -0.381 e. The van der Waals surface area contributed by atoms with E-state index in [1.165, 1.54) is 0 Å². The second kappa shape index (κ2) is 5.95. The number of hydrogen-bond acceptors (Lipinski definition) is 4. The van der Waals surface area contributed by atoms with Gasteiger partial charge in [0.05, 0.1) is 5.25 Å². The molecule has 1 rings (SSSR count). The molecule has 0 spiro atoms. The molecule has 1 heterocycles. The number of hydrogen-bond donors (Lipinski definition) is 2. The quantitative estimate of drug-likeness (QED) is 0.723. The summed E-state index contributed by atoms with van der Waals surface area (Å²) in [5.41, 5.74) is 5.52. The summed E-state index contributed by atoms with van der Waals surface area (Å²) >= 11 is 0. The zero-order valence-corrected chi connectivity index (χ0v) is 10.8. The first-order valence-corrected chi connectivity index (χ1v) is 7.31. The maximum Gasteiger partial charge on any atom is 0.214 e. The molecule has 0 bridgehead atoms. The average Bonchev–Trinajstić information content (AvgIpc) is 2.28. The Morgan fingerprint density at radius 2 is 1.94 bits per heavy atom. The van der Waals surface area contributed by atoms with Gasteiger partial charge in [0, 0.05) is 19.3 Å². The van der Waals surface area contributed by atoms with E-state index in [1.807, 2.05) is 13.8 Å². The van der Waals surface area contributed by atoms with Crippen molar-refractivity contribution in [3.63, 3.8) is 0 Å². The summed E-state index contributed by atoms with van der Waals surface area (Å²) in [7, 11) is -3.22. The molecule has 1 aliphatic heterocycles. The number of sulfonamides is 1. The molecule has 3 N–H and O–H groups in total. The van der Waals surface area contributed by atoms with Crippen molar-refractivity contribution >= 4 is 10.0 Å². The smallest absolute Gasteiger partial charge is 0.214 e. The van der Waals surface area contributed by atoms with Crippen molar-refractivity contribution in [2.75, 3.05) is 19.8 Å². The van der Waals surface area contributed by atoms with E-state index in [-0.39, 0.29) is 17.2 Å². The summed E-state index contributed by atoms with van der Waals surface area (Å²) in [6, 6.07) is -0.113. The highest BCUT2D eigenvalue weighted by Gasteiger charge is 2.29. The van der Waals surface area contributed by atoms with E-state index in [0.29, 0.717) is 32.6 Å². The summed E-state index contributed by atoms with van der Waals surface area (Å²) in [4.78, 5) is 0. The van der Waals surface area contributed by atoms with Crippen LogP contribution in [0.5, 0.6) is 0 Å². The van der Waals surface area contributed by atoms with E-state index in [2.05, 4.69) is 4.72 Å². The Kier molecular flexibility index (Phi) is 5.17. The third-order valence-electron chi connectivity index (χ3n) is 3.18. The van der Waals surface area contributed by atoms with Crippen LogP contribution in [0.15, 0.2) is 0 Å². The average molecular weight is 250 g/mol. The fourth-order valence-electron chi connectivity index (χ4n) is 1.66. The molecule has 0 aromatic carbocycles. The van der Waals surface area contributed by atoms with Crippen molar-refractivity contribution in [1.29, 1.82) is 0 Å². The van der Waals surface area contributed by atoms with Crippen LogP contribution in [0.25, 0.3) is 0 Å². The SMILES string of the molecule is CC(CN)C(C)NS(=O)(=O)C1CCOCC1. The largest absolute Gasteiger partial charge is 0.381 e. The molecular formula is C10H22N2O3S. The van der Waals surface area contributed by atoms with Gasteiger partial charge in [-0.3, -0.25) is 0 Å². The van der Waals surface area contributed by atoms with E-state index < -0.39 is 10.0 Å². The van der Waals surface area contributed by atoms with Crippen molar-refractivity contribution in [3.05, 3.63) is 0 Å². The summed E-state index contributed by atoms with van der Waals surface area (Å²) < 4.78 is 31.9. The van der Waals surface area contributed by atoms with Gasteiger partial charge in [0.1, 0.15) is 0 Å². The maximum absolute atomic E-state index is 12.0. The summed E-state index contributed by atoms with van der Waals surface area (Å²) in [6.45, 7) is 5.35. The minimum atomic E-state index is -3.22. The van der Waals surface area contributed by atoms with Gasteiger partial charge >= 0.3 is 0 Å². The Hall–Kier alpha value is -0.170. The Morgan fingerprint density at radius 3 is 2.44 bits per heavy atom. The lowest BCUT2D eigenvalue weighted by molar-refractivity contribution is 0.0980. The van der Waals surface area contributed by atoms with Crippen LogP contribution in [0.4, 0.5) is 0 Å². The second-order valence-corrected chi connectivity index (χ2v) is 6.47. The van der Waals surface area contributed by atoms with E-state index in [1.54, 1.807) is 0 Å². The van der Waals surface area contributed by atoms with Gasteiger partial charge in [0.25, 0.3) is 0 Å². The molecule has 0 amide bonds. The number of nitrogens with two attached hydrogens (primary N) is 1. The van der Waals surface area contributed by atoms with E-state index in [0.717, 1.165) is 0 Å². The fraction of sp³-hybridized carbons (Fsp3) is 1.00. The third kappa shape index (κ3) is 3.69. The lowest BCUT2D eigenvalue weighted by Gasteiger charge is -2.26. The Balaban J connectivity index is 2.56. The zero-order valence-electron chi connectivity index (χ0n) is 9.98. The van der Waals surface area contributed by atoms with Crippen molar-refractivity contribution in [2.45, 2.75) is 38.0 Å². The lowest BCUT2D eigenvalue weighted by Crippen LogP contribution is -2.45. The van der Waals surface area contributed by atoms with Crippen LogP contribution in [0.2, 0.25) is 0 Å². The van der Waals surface area contributed by atoms with Gasteiger partial charge in [0.15, 0.2) is 0 Å². The number of nitrogens with one attached hydrogen (secondary N) is 1. The predicted octanol–water partition coefficient (Wildman–Crippen LogP) is 0.0681. The van der Waals surface area contributed by atoms with Crippen LogP contribution in [0.3, 0.4) is 0 Å². The Labute approximate surface area is 97.8 Å². The summed E-state index contributed by atoms with van der Waals surface area (Å²) in [5.74, 6) is 0.148. The van der Waals surface area contributed by atoms with Gasteiger partial charge < -0.3 is 10.5 Å². The van der Waals surface area contributed by atoms with Gasteiger partial charge in [0.2, 0.25) is 10.0 Å². The summed E-state index contributed by atoms with van der Waals surface area (Å²) in [5, 5.41) is -0.311. The van der Waals surface area contributed by atoms with Gasteiger partial charge in [-0.05, 0) is 32.2 Å². The van der Waals surface area contributed by atoms with E-state index >= 15 is 0 Å². The topological polar surface area (TPSA) is 81.4 Å². The van der Waals surface area contributed by atoms with Crippen LogP contribution < -0.4 is 10.5 Å². The highest BCUT2D eigenvalue weighted by Crippen LogP contribution is 2.16. The molecule has 1 aliphatic rings. The standard InChI is InChI=1S/C10H22N2O3S/c1-8(7-11)9(2)12-16(13,14)10-3-5-15-6-4-10/h8-10,12H,3-7,11H2,1-2H3. The van der Waals surface area contributed by atoms with Crippen molar-refractivity contribution in [1.82, 2.24) is 4.72 Å². The van der Waals surface area contributed by atoms with Crippen LogP contribution >= 0.6 is 0 Å². The second-order valence-electron chi connectivity index (χ2n) is 4.48. The zero-order chi connectivity index (χ0) is 12.2. The first-order chi connectivity index (χ1) is 7.47. The molecule has 5 nitrogen and oxygen atoms in total. The molecule has 96 valence electrons. The first-order valence-electron chi connectivity index (χ1n) is 5.76. The molecule has 1 fully saturated rings. The Bertz CT molecular complexity index is 299. The third-order valence-corrected chi connectivity index (χ3v) is 5.23. The minimum absolute atomic E-state index is 0.113. The fourth-order valence-corrected chi connectivity index (χ4v) is 3.42. The molecule has 1 saturated heterocycles. The molecule has 2 atom stereocenters. The molecule has 0 aromatic heterocycles. The van der Waals surface area contributed by atoms with E-state index in [9.17, 15) is 8.42 Å². The van der Waals surface area contributed by atoms with Crippen LogP contribution in [-0.4, -0.2) is 39.5 Å². The maximum atomic E-state index is 12.0. The lowest BCUT2D eigenvalue weighted by atomic mass is 10.1. The number of ether oxygens (including phenoxy) is 1. The molecule has 0 radical (unpaired) electrons. The van der Waals surface area contributed by atoms with Gasteiger partial charge in [-0.2, -0.15) is 0 Å². The van der Waals surface area contributed by atoms with Gasteiger partial charge in [-0.25, -0.2) is 13.1 Å². The predicted molar refractivity (Wildman–Crippen MR) is 63.6 cm³/mol. The molecule has 2 unspecified atom stereocenters.